The highest BCUT2D eigenvalue weighted by molar-refractivity contribution is 5.76. The summed E-state index contributed by atoms with van der Waals surface area (Å²) in [5, 5.41) is 0. The van der Waals surface area contributed by atoms with Crippen LogP contribution in [-0.2, 0) is 9.53 Å². The van der Waals surface area contributed by atoms with E-state index in [0.29, 0.717) is 6.54 Å². The number of methoxy groups -OCH3 is 1. The Morgan fingerprint density at radius 1 is 1.57 bits per heavy atom. The second-order valence-electron chi connectivity index (χ2n) is 3.36. The van der Waals surface area contributed by atoms with Crippen molar-refractivity contribution in [3.05, 3.63) is 0 Å². The van der Waals surface area contributed by atoms with Crippen LogP contribution in [0.5, 0.6) is 0 Å². The van der Waals surface area contributed by atoms with Gasteiger partial charge in [0.1, 0.15) is 6.04 Å². The van der Waals surface area contributed by atoms with Crippen molar-refractivity contribution in [1.29, 1.82) is 0 Å². The number of rotatable bonds is 2. The molecule has 0 radical (unpaired) electrons. The fraction of sp³-hybridized carbons (Fsp3) is 0.727. The molecule has 1 saturated heterocycles. The van der Waals surface area contributed by atoms with Crippen molar-refractivity contribution >= 4 is 5.97 Å². The summed E-state index contributed by atoms with van der Waals surface area (Å²) in [5.41, 5.74) is 0. The molecule has 1 fully saturated rings. The van der Waals surface area contributed by atoms with Crippen molar-refractivity contribution in [2.24, 2.45) is 0 Å². The Bertz CT molecular complexity index is 252. The van der Waals surface area contributed by atoms with Crippen molar-refractivity contribution in [2.75, 3.05) is 20.2 Å². The van der Waals surface area contributed by atoms with E-state index < -0.39 is 0 Å². The molecule has 1 aliphatic rings. The number of nitrogens with zero attached hydrogens (tertiary/aromatic N) is 1. The van der Waals surface area contributed by atoms with E-state index in [4.69, 9.17) is 4.74 Å². The van der Waals surface area contributed by atoms with E-state index in [9.17, 15) is 4.79 Å². The highest BCUT2D eigenvalue weighted by atomic mass is 16.5. The van der Waals surface area contributed by atoms with Gasteiger partial charge in [-0.3, -0.25) is 9.69 Å². The van der Waals surface area contributed by atoms with Crippen LogP contribution in [0.15, 0.2) is 0 Å². The normalized spacial score (nSPS) is 21.4. The van der Waals surface area contributed by atoms with Gasteiger partial charge in [0.25, 0.3) is 0 Å². The first-order chi connectivity index (χ1) is 6.79. The molecule has 0 amide bonds. The number of likely N-dealkylation sites (tertiary alicyclic amines) is 1. The zero-order valence-electron chi connectivity index (χ0n) is 8.88. The predicted molar refractivity (Wildman–Crippen MR) is 54.7 cm³/mol. The average molecular weight is 195 g/mol. The van der Waals surface area contributed by atoms with Crippen molar-refractivity contribution in [2.45, 2.75) is 32.2 Å². The molecule has 0 N–H and O–H groups in total. The number of carbonyl (C=O) groups is 1. The predicted octanol–water partition coefficient (Wildman–Crippen LogP) is 1.04. The summed E-state index contributed by atoms with van der Waals surface area (Å²) in [6.07, 6.45) is 2.84. The summed E-state index contributed by atoms with van der Waals surface area (Å²) in [6, 6.07) is -0.0637. The molecule has 3 nitrogen and oxygen atoms in total. The fourth-order valence-electron chi connectivity index (χ4n) is 1.70. The van der Waals surface area contributed by atoms with Gasteiger partial charge in [0.05, 0.1) is 13.7 Å². The molecule has 0 aliphatic carbocycles. The first-order valence-electron chi connectivity index (χ1n) is 5.07. The molecular formula is C11H17NO2. The minimum Gasteiger partial charge on any atom is -0.468 e. The molecule has 0 aromatic carbocycles. The molecule has 3 heteroatoms. The average Bonchev–Trinajstić information content (AvgIpc) is 2.65. The summed E-state index contributed by atoms with van der Waals surface area (Å²) in [7, 11) is 1.44. The molecule has 14 heavy (non-hydrogen) atoms. The van der Waals surface area contributed by atoms with Gasteiger partial charge in [0, 0.05) is 13.0 Å². The Balaban J connectivity index is 2.47. The van der Waals surface area contributed by atoms with E-state index in [0.717, 1.165) is 25.8 Å². The minimum atomic E-state index is -0.124. The third kappa shape index (κ3) is 2.74. The molecule has 1 rings (SSSR count). The molecule has 0 spiro atoms. The van der Waals surface area contributed by atoms with E-state index in [1.807, 2.05) is 6.92 Å². The minimum absolute atomic E-state index is 0.0637. The summed E-state index contributed by atoms with van der Waals surface area (Å²) in [5.74, 6) is 5.94. The second-order valence-corrected chi connectivity index (χ2v) is 3.36. The van der Waals surface area contributed by atoms with E-state index in [2.05, 4.69) is 16.7 Å². The van der Waals surface area contributed by atoms with Crippen LogP contribution in [0.4, 0.5) is 0 Å². The lowest BCUT2D eigenvalue weighted by molar-refractivity contribution is -0.145. The van der Waals surface area contributed by atoms with Gasteiger partial charge < -0.3 is 4.74 Å². The Kier molecular flexibility index (Phi) is 4.48. The van der Waals surface area contributed by atoms with Gasteiger partial charge in [-0.15, -0.1) is 5.92 Å². The summed E-state index contributed by atoms with van der Waals surface area (Å²) in [4.78, 5) is 13.4. The van der Waals surface area contributed by atoms with Gasteiger partial charge in [0.2, 0.25) is 0 Å². The molecule has 0 aromatic rings. The van der Waals surface area contributed by atoms with Crippen LogP contribution >= 0.6 is 0 Å². The van der Waals surface area contributed by atoms with E-state index in [-0.39, 0.29) is 12.0 Å². The van der Waals surface area contributed by atoms with E-state index >= 15 is 0 Å². The molecule has 1 atom stereocenters. The second kappa shape index (κ2) is 5.66. The lowest BCUT2D eigenvalue weighted by Gasteiger charge is -2.19. The molecule has 0 saturated carbocycles. The summed E-state index contributed by atoms with van der Waals surface area (Å²) < 4.78 is 4.74. The van der Waals surface area contributed by atoms with Crippen LogP contribution in [0, 0.1) is 11.8 Å². The maximum atomic E-state index is 11.3. The van der Waals surface area contributed by atoms with E-state index in [1.165, 1.54) is 7.11 Å². The van der Waals surface area contributed by atoms with Gasteiger partial charge in [-0.05, 0) is 12.8 Å². The van der Waals surface area contributed by atoms with Crippen molar-refractivity contribution in [3.63, 3.8) is 0 Å². The molecular weight excluding hydrogens is 178 g/mol. The van der Waals surface area contributed by atoms with Gasteiger partial charge in [-0.2, -0.15) is 0 Å². The standard InChI is InChI=1S/C11H17NO2/c1-3-4-5-8-12-9-6-7-10(12)11(13)14-2/h10H,3,6-9H2,1-2H3/t10-/m1/s1. The SMILES string of the molecule is CCC#CCN1CCC[C@@H]1C(=O)OC. The van der Waals surface area contributed by atoms with E-state index in [1.54, 1.807) is 0 Å². The van der Waals surface area contributed by atoms with Crippen molar-refractivity contribution in [1.82, 2.24) is 4.90 Å². The Morgan fingerprint density at radius 3 is 3.00 bits per heavy atom. The Hall–Kier alpha value is -1.01. The first kappa shape index (κ1) is 11.1. The Labute approximate surface area is 85.4 Å². The lowest BCUT2D eigenvalue weighted by atomic mass is 10.2. The van der Waals surface area contributed by atoms with Gasteiger partial charge in [-0.25, -0.2) is 0 Å². The maximum Gasteiger partial charge on any atom is 0.323 e. The smallest absolute Gasteiger partial charge is 0.323 e. The zero-order chi connectivity index (χ0) is 10.4. The number of hydrogen-bond donors (Lipinski definition) is 0. The zero-order valence-corrected chi connectivity index (χ0v) is 8.88. The quantitative estimate of drug-likeness (QED) is 0.487. The summed E-state index contributed by atoms with van der Waals surface area (Å²) >= 11 is 0. The topological polar surface area (TPSA) is 29.5 Å². The van der Waals surface area contributed by atoms with Crippen LogP contribution in [0.25, 0.3) is 0 Å². The number of carbonyl (C=O) groups excluding carboxylic acids is 1. The van der Waals surface area contributed by atoms with Crippen molar-refractivity contribution in [3.8, 4) is 11.8 Å². The molecule has 78 valence electrons. The lowest BCUT2D eigenvalue weighted by Crippen LogP contribution is -2.37. The van der Waals surface area contributed by atoms with Crippen LogP contribution in [0.1, 0.15) is 26.2 Å². The van der Waals surface area contributed by atoms with Gasteiger partial charge >= 0.3 is 5.97 Å². The molecule has 0 aromatic heterocycles. The summed E-state index contributed by atoms with van der Waals surface area (Å²) in [6.45, 7) is 3.67. The number of esters is 1. The first-order valence-corrected chi connectivity index (χ1v) is 5.07. The van der Waals surface area contributed by atoms with Crippen LogP contribution < -0.4 is 0 Å². The monoisotopic (exact) mass is 195 g/mol. The molecule has 0 unspecified atom stereocenters. The fourth-order valence-corrected chi connectivity index (χ4v) is 1.70. The molecule has 1 aliphatic heterocycles. The highest BCUT2D eigenvalue weighted by Crippen LogP contribution is 2.17. The van der Waals surface area contributed by atoms with Gasteiger partial charge in [0.15, 0.2) is 0 Å². The number of hydrogen-bond acceptors (Lipinski definition) is 3. The van der Waals surface area contributed by atoms with Gasteiger partial charge in [-0.1, -0.05) is 12.8 Å². The van der Waals surface area contributed by atoms with Crippen molar-refractivity contribution < 1.29 is 9.53 Å². The van der Waals surface area contributed by atoms with Crippen LogP contribution in [0.3, 0.4) is 0 Å². The highest BCUT2D eigenvalue weighted by Gasteiger charge is 2.30. The molecule has 0 bridgehead atoms. The third-order valence-corrected chi connectivity index (χ3v) is 2.42. The Morgan fingerprint density at radius 2 is 2.36 bits per heavy atom. The number of ether oxygens (including phenoxy) is 1. The largest absolute Gasteiger partial charge is 0.468 e. The van der Waals surface area contributed by atoms with Crippen LogP contribution in [-0.4, -0.2) is 37.1 Å². The maximum absolute atomic E-state index is 11.3. The van der Waals surface area contributed by atoms with Crippen LogP contribution in [0.2, 0.25) is 0 Å². The third-order valence-electron chi connectivity index (χ3n) is 2.42. The molecule has 1 heterocycles.